The van der Waals surface area contributed by atoms with Crippen LogP contribution in [0.4, 0.5) is 0 Å². The largest absolute Gasteiger partial charge is 0.472 e. The number of ether oxygens (including phenoxy) is 1. The van der Waals surface area contributed by atoms with E-state index in [1.54, 1.807) is 0 Å². The Morgan fingerprint density at radius 1 is 0.650 bits per heavy atom. The second-order valence-electron chi connectivity index (χ2n) is 11.3. The van der Waals surface area contributed by atoms with Crippen molar-refractivity contribution in [2.24, 2.45) is 5.73 Å². The van der Waals surface area contributed by atoms with Gasteiger partial charge in [-0.15, -0.1) is 0 Å². The monoisotopic (exact) mass is 593 g/mol. The van der Waals surface area contributed by atoms with Crippen molar-refractivity contribution in [3.8, 4) is 0 Å². The summed E-state index contributed by atoms with van der Waals surface area (Å²) in [5.41, 5.74) is 5.19. The first kappa shape index (κ1) is 39.5. The molecule has 0 heterocycles. The van der Waals surface area contributed by atoms with E-state index < -0.39 is 20.5 Å². The summed E-state index contributed by atoms with van der Waals surface area (Å²) in [7, 11) is -4.24. The highest BCUT2D eigenvalue weighted by Gasteiger charge is 2.22. The van der Waals surface area contributed by atoms with Gasteiger partial charge in [0, 0.05) is 13.0 Å². The molecule has 240 valence electrons. The van der Waals surface area contributed by atoms with Crippen LogP contribution in [0, 0.1) is 0 Å². The summed E-state index contributed by atoms with van der Waals surface area (Å²) in [6.45, 7) is 1.48. The van der Waals surface area contributed by atoms with Crippen LogP contribution >= 0.6 is 7.82 Å². The average Bonchev–Trinajstić information content (AvgIpc) is 2.94. The molecule has 0 aromatic rings. The van der Waals surface area contributed by atoms with E-state index in [0.29, 0.717) is 6.42 Å². The number of esters is 1. The Labute approximate surface area is 246 Å². The summed E-state index contributed by atoms with van der Waals surface area (Å²) in [6, 6.07) is 0. The molecule has 0 saturated carbocycles. The third-order valence-electron chi connectivity index (χ3n) is 7.22. The molecule has 8 nitrogen and oxygen atoms in total. The molecule has 0 amide bonds. The minimum absolute atomic E-state index is 0.0770. The van der Waals surface area contributed by atoms with E-state index in [4.69, 9.17) is 10.5 Å². The van der Waals surface area contributed by atoms with E-state index in [0.717, 1.165) is 19.3 Å². The second kappa shape index (κ2) is 30.0. The molecule has 0 aliphatic heterocycles. The fourth-order valence-corrected chi connectivity index (χ4v) is 5.52. The number of phosphoric ester groups is 1. The van der Waals surface area contributed by atoms with Gasteiger partial charge >= 0.3 is 13.8 Å². The molecular formula is C31H64NO7P. The van der Waals surface area contributed by atoms with Crippen molar-refractivity contribution >= 4 is 13.8 Å². The Morgan fingerprint density at radius 3 is 1.40 bits per heavy atom. The van der Waals surface area contributed by atoms with Crippen molar-refractivity contribution in [1.82, 2.24) is 0 Å². The summed E-state index contributed by atoms with van der Waals surface area (Å²) in [6.07, 6.45) is 29.7. The van der Waals surface area contributed by atoms with E-state index in [9.17, 15) is 19.4 Å². The quantitative estimate of drug-likeness (QED) is 0.0403. The predicted octanol–water partition coefficient (Wildman–Crippen LogP) is 8.37. The van der Waals surface area contributed by atoms with Crippen LogP contribution in [0.3, 0.4) is 0 Å². The normalized spacial score (nSPS) is 13.8. The lowest BCUT2D eigenvalue weighted by atomic mass is 10.0. The van der Waals surface area contributed by atoms with E-state index in [-0.39, 0.29) is 25.7 Å². The highest BCUT2D eigenvalue weighted by Crippen LogP contribution is 2.42. The number of hydrogen-bond donors (Lipinski definition) is 3. The number of rotatable bonds is 32. The fraction of sp³-hybridized carbons (Fsp3) is 0.968. The van der Waals surface area contributed by atoms with Crippen LogP contribution in [0.1, 0.15) is 161 Å². The lowest BCUT2D eigenvalue weighted by Gasteiger charge is -2.15. The first-order valence-electron chi connectivity index (χ1n) is 16.6. The minimum atomic E-state index is -4.24. The Hall–Kier alpha value is -0.500. The Kier molecular flexibility index (Phi) is 29.6. The van der Waals surface area contributed by atoms with Gasteiger partial charge in [0.15, 0.2) is 0 Å². The van der Waals surface area contributed by atoms with Gasteiger partial charge in [0.1, 0.15) is 12.7 Å². The number of nitrogens with two attached hydrogens (primary N) is 1. The molecule has 9 heteroatoms. The van der Waals surface area contributed by atoms with Gasteiger partial charge in [0.25, 0.3) is 0 Å². The molecule has 2 atom stereocenters. The third-order valence-corrected chi connectivity index (χ3v) is 8.21. The molecule has 0 aromatic carbocycles. The van der Waals surface area contributed by atoms with Crippen molar-refractivity contribution in [1.29, 1.82) is 0 Å². The minimum Gasteiger partial charge on any atom is -0.463 e. The van der Waals surface area contributed by atoms with Crippen LogP contribution < -0.4 is 5.73 Å². The highest BCUT2D eigenvalue weighted by molar-refractivity contribution is 7.47. The van der Waals surface area contributed by atoms with Crippen LogP contribution in [-0.2, 0) is 23.1 Å². The summed E-state index contributed by atoms with van der Waals surface area (Å²) < 4.78 is 25.7. The molecule has 0 saturated heterocycles. The van der Waals surface area contributed by atoms with Crippen LogP contribution in [0.15, 0.2) is 0 Å². The third kappa shape index (κ3) is 30.5. The van der Waals surface area contributed by atoms with Gasteiger partial charge < -0.3 is 20.5 Å². The summed E-state index contributed by atoms with van der Waals surface area (Å²) in [5, 5.41) is 9.73. The number of hydrogen-bond acceptors (Lipinski definition) is 7. The summed E-state index contributed by atoms with van der Waals surface area (Å²) >= 11 is 0. The number of carbonyl (C=O) groups excluding carboxylic acids is 1. The van der Waals surface area contributed by atoms with E-state index >= 15 is 0 Å². The molecule has 0 spiro atoms. The zero-order chi connectivity index (χ0) is 29.6. The zero-order valence-corrected chi connectivity index (χ0v) is 26.7. The Balaban J connectivity index is 3.30. The van der Waals surface area contributed by atoms with Crippen molar-refractivity contribution < 1.29 is 33.1 Å². The Morgan fingerprint density at radius 2 is 1.02 bits per heavy atom. The molecule has 40 heavy (non-hydrogen) atoms. The molecule has 1 unspecified atom stereocenters. The van der Waals surface area contributed by atoms with Gasteiger partial charge in [-0.25, -0.2) is 4.57 Å². The summed E-state index contributed by atoms with van der Waals surface area (Å²) in [4.78, 5) is 21.1. The molecule has 0 aliphatic carbocycles. The topological polar surface area (TPSA) is 128 Å². The van der Waals surface area contributed by atoms with Crippen molar-refractivity contribution in [3.63, 3.8) is 0 Å². The molecule has 0 rings (SSSR count). The van der Waals surface area contributed by atoms with Gasteiger partial charge in [-0.2, -0.15) is 0 Å². The van der Waals surface area contributed by atoms with E-state index in [1.165, 1.54) is 128 Å². The molecule has 0 radical (unpaired) electrons. The fourth-order valence-electron chi connectivity index (χ4n) is 4.75. The van der Waals surface area contributed by atoms with Crippen molar-refractivity contribution in [2.75, 3.05) is 26.4 Å². The maximum absolute atomic E-state index is 11.8. The molecule has 0 aliphatic rings. The highest BCUT2D eigenvalue weighted by atomic mass is 31.2. The van der Waals surface area contributed by atoms with Crippen molar-refractivity contribution in [2.45, 2.75) is 167 Å². The van der Waals surface area contributed by atoms with Crippen LogP contribution in [0.2, 0.25) is 0 Å². The van der Waals surface area contributed by atoms with Gasteiger partial charge in [0.05, 0.1) is 13.2 Å². The number of phosphoric acid groups is 1. The lowest BCUT2D eigenvalue weighted by Crippen LogP contribution is -2.23. The average molecular weight is 594 g/mol. The number of unbranched alkanes of at least 4 members (excludes halogenated alkanes) is 22. The van der Waals surface area contributed by atoms with Crippen LogP contribution in [0.25, 0.3) is 0 Å². The SMILES string of the molecule is CCCCCCCCCCCCCCCCCCCCCCCCCC(=O)OC[C@@H](O)COP(=O)(O)OCCN. The van der Waals surface area contributed by atoms with E-state index in [1.807, 2.05) is 0 Å². The number of aliphatic hydroxyl groups is 1. The maximum Gasteiger partial charge on any atom is 0.472 e. The van der Waals surface area contributed by atoms with Gasteiger partial charge in [-0.1, -0.05) is 148 Å². The van der Waals surface area contributed by atoms with Crippen molar-refractivity contribution in [3.05, 3.63) is 0 Å². The first-order chi connectivity index (χ1) is 19.4. The number of aliphatic hydroxyl groups excluding tert-OH is 1. The van der Waals surface area contributed by atoms with Gasteiger partial charge in [0.2, 0.25) is 0 Å². The lowest BCUT2D eigenvalue weighted by molar-refractivity contribution is -0.147. The van der Waals surface area contributed by atoms with Crippen LogP contribution in [0.5, 0.6) is 0 Å². The second-order valence-corrected chi connectivity index (χ2v) is 12.7. The van der Waals surface area contributed by atoms with Crippen LogP contribution in [-0.4, -0.2) is 48.4 Å². The maximum atomic E-state index is 11.8. The summed E-state index contributed by atoms with van der Waals surface area (Å²) in [5.74, 6) is -0.380. The molecule has 4 N–H and O–H groups in total. The molecule has 0 fully saturated rings. The van der Waals surface area contributed by atoms with Gasteiger partial charge in [-0.05, 0) is 6.42 Å². The first-order valence-corrected chi connectivity index (χ1v) is 18.1. The molecule has 0 aromatic heterocycles. The Bertz CT molecular complexity index is 594. The molecule has 0 bridgehead atoms. The predicted molar refractivity (Wildman–Crippen MR) is 164 cm³/mol. The smallest absolute Gasteiger partial charge is 0.463 e. The molecular weight excluding hydrogens is 529 g/mol. The zero-order valence-electron chi connectivity index (χ0n) is 25.8. The number of carbonyl (C=O) groups is 1. The van der Waals surface area contributed by atoms with Gasteiger partial charge in [-0.3, -0.25) is 13.8 Å². The standard InChI is InChI=1S/C31H64NO7P/c1-2-3-4-5-6-7-8-9-10-11-12-13-14-15-16-17-18-19-20-21-22-23-24-25-31(34)37-28-30(33)29-39-40(35,36)38-27-26-32/h30,33H,2-29,32H2,1H3,(H,35,36)/t30-/m1/s1. The van der Waals surface area contributed by atoms with E-state index in [2.05, 4.69) is 16.0 Å².